The summed E-state index contributed by atoms with van der Waals surface area (Å²) in [7, 11) is -1.98. The summed E-state index contributed by atoms with van der Waals surface area (Å²) in [6.07, 6.45) is 4.10. The molecule has 8 rings (SSSR count). The topological polar surface area (TPSA) is 232 Å². The Hall–Kier alpha value is -6.39. The number of anilines is 5. The van der Waals surface area contributed by atoms with Crippen molar-refractivity contribution in [2.24, 2.45) is 5.41 Å². The zero-order valence-corrected chi connectivity index (χ0v) is 48.5. The van der Waals surface area contributed by atoms with Crippen LogP contribution in [0.4, 0.5) is 28.8 Å². The number of halogens is 1. The van der Waals surface area contributed by atoms with Gasteiger partial charge < -0.3 is 45.8 Å². The largest absolute Gasteiger partial charge is 0.494 e. The fourth-order valence-corrected chi connectivity index (χ4v) is 12.5. The second kappa shape index (κ2) is 25.8. The molecule has 0 unspecified atom stereocenters. The van der Waals surface area contributed by atoms with E-state index in [0.717, 1.165) is 66.4 Å². The first-order chi connectivity index (χ1) is 37.7. The number of carbonyl (C=O) groups excluding carboxylic acids is 4. The number of β-amino-alcohol motifs (C(OH)–C–C–N with tert-alkyl or cyclic N) is 1. The van der Waals surface area contributed by atoms with Crippen molar-refractivity contribution in [1.29, 1.82) is 0 Å². The quantitative estimate of drug-likeness (QED) is 0.0470. The molecular formula is C57H74ClN11O8S2. The molecule has 22 heteroatoms. The van der Waals surface area contributed by atoms with Gasteiger partial charge in [-0.25, -0.2) is 18.4 Å². The number of amides is 4. The molecule has 0 spiro atoms. The molecule has 0 aliphatic carbocycles. The molecule has 3 saturated heterocycles. The van der Waals surface area contributed by atoms with Gasteiger partial charge in [-0.1, -0.05) is 68.8 Å². The number of sulfone groups is 1. The fraction of sp³-hybridized carbons (Fsp3) is 0.491. The van der Waals surface area contributed by atoms with Crippen LogP contribution >= 0.6 is 22.9 Å². The van der Waals surface area contributed by atoms with E-state index in [2.05, 4.69) is 46.0 Å². The number of aromatic nitrogens is 3. The van der Waals surface area contributed by atoms with E-state index < -0.39 is 44.6 Å². The number of aliphatic hydroxyl groups excluding tert-OH is 1. The number of ether oxygens (including phenoxy) is 1. The van der Waals surface area contributed by atoms with Crippen molar-refractivity contribution in [2.45, 2.75) is 127 Å². The standard InChI is InChI=1S/C57H74ClN11O8S2/c1-36(2)79(75,76)48-13-9-8-12-45(48)62-53-43(58)33-60-56(65-53)63-44-21-20-41(30-47(44)77-7)66-24-22-40(23-25-66)67-26-28-68(29-27-67)50(72)15-11-10-14-49(71)64-52(57(4,5)6)55(74)69-34-42(70)31-46(69)54(73)59-32-38-16-18-39(19-17-38)51-37(3)61-35-78-51/h8-9,12-13,16-21,30,33,35-36,40,42,46,52,70H,10-11,14-15,22-29,31-32,34H2,1-7H3,(H,59,73)(H,64,71)(H2,60,62,63,65)/t42-,46+,52-/m1/s1. The lowest BCUT2D eigenvalue weighted by Gasteiger charge is -2.43. The van der Waals surface area contributed by atoms with E-state index in [1.54, 1.807) is 56.6 Å². The molecule has 5 heterocycles. The molecule has 2 aromatic heterocycles. The molecule has 5 aromatic rings. The highest BCUT2D eigenvalue weighted by Gasteiger charge is 2.44. The maximum absolute atomic E-state index is 14.1. The molecular weight excluding hydrogens is 1070 g/mol. The van der Waals surface area contributed by atoms with E-state index in [0.29, 0.717) is 55.5 Å². The van der Waals surface area contributed by atoms with Crippen molar-refractivity contribution in [1.82, 2.24) is 40.3 Å². The van der Waals surface area contributed by atoms with Crippen LogP contribution in [0.3, 0.4) is 0 Å². The SMILES string of the molecule is COc1cc(N2CCC(N3CCN(C(=O)CCCCC(=O)N[C@H](C(=O)N4C[C@H](O)C[C@H]4C(=O)NCc4ccc(-c5scnc5C)cc4)C(C)(C)C)CC3)CC2)ccc1Nc1ncc(Cl)c(Nc2ccccc2S(=O)(=O)C(C)C)n1. The third-order valence-electron chi connectivity index (χ3n) is 15.0. The molecule has 3 aromatic carbocycles. The van der Waals surface area contributed by atoms with Gasteiger partial charge in [0, 0.05) is 89.4 Å². The van der Waals surface area contributed by atoms with Gasteiger partial charge in [-0.3, -0.25) is 24.1 Å². The van der Waals surface area contributed by atoms with E-state index >= 15 is 0 Å². The average Bonchev–Trinajstić information content (AvgIpc) is 4.08. The van der Waals surface area contributed by atoms with Crippen LogP contribution in [-0.4, -0.2) is 149 Å². The van der Waals surface area contributed by atoms with Crippen molar-refractivity contribution in [3.05, 3.63) is 94.7 Å². The molecule has 0 saturated carbocycles. The summed E-state index contributed by atoms with van der Waals surface area (Å²) in [4.78, 5) is 77.0. The number of para-hydroxylation sites is 1. The van der Waals surface area contributed by atoms with E-state index in [1.165, 1.54) is 11.1 Å². The second-order valence-corrected chi connectivity index (χ2v) is 25.6. The van der Waals surface area contributed by atoms with E-state index in [1.807, 2.05) is 80.6 Å². The predicted molar refractivity (Wildman–Crippen MR) is 309 cm³/mol. The lowest BCUT2D eigenvalue weighted by atomic mass is 9.85. The van der Waals surface area contributed by atoms with E-state index in [4.69, 9.17) is 16.3 Å². The van der Waals surface area contributed by atoms with Crippen LogP contribution in [0.25, 0.3) is 10.4 Å². The van der Waals surface area contributed by atoms with Crippen LogP contribution in [0.2, 0.25) is 5.02 Å². The minimum atomic E-state index is -3.59. The predicted octanol–water partition coefficient (Wildman–Crippen LogP) is 7.72. The van der Waals surface area contributed by atoms with Crippen LogP contribution in [0.15, 0.2) is 83.3 Å². The van der Waals surface area contributed by atoms with Gasteiger partial charge >= 0.3 is 0 Å². The summed E-state index contributed by atoms with van der Waals surface area (Å²) in [5, 5.41) is 22.4. The molecule has 19 nitrogen and oxygen atoms in total. The van der Waals surface area contributed by atoms with Crippen molar-refractivity contribution in [2.75, 3.05) is 68.5 Å². The van der Waals surface area contributed by atoms with Gasteiger partial charge in [0.2, 0.25) is 29.6 Å². The summed E-state index contributed by atoms with van der Waals surface area (Å²) in [6.45, 7) is 15.7. The Labute approximate surface area is 472 Å². The summed E-state index contributed by atoms with van der Waals surface area (Å²) in [5.41, 5.74) is 6.06. The van der Waals surface area contributed by atoms with Gasteiger partial charge in [0.1, 0.15) is 22.9 Å². The van der Waals surface area contributed by atoms with Gasteiger partial charge in [-0.2, -0.15) is 4.98 Å². The summed E-state index contributed by atoms with van der Waals surface area (Å²) < 4.78 is 32.0. The van der Waals surface area contributed by atoms with Crippen LogP contribution in [-0.2, 0) is 35.6 Å². The van der Waals surface area contributed by atoms with Crippen molar-refractivity contribution >= 4 is 85.2 Å². The summed E-state index contributed by atoms with van der Waals surface area (Å²) in [6, 6.07) is 19.0. The van der Waals surface area contributed by atoms with Gasteiger partial charge in [0.05, 0.1) is 57.0 Å². The number of piperazine rings is 1. The highest BCUT2D eigenvalue weighted by Crippen LogP contribution is 2.36. The highest BCUT2D eigenvalue weighted by atomic mass is 35.5. The van der Waals surface area contributed by atoms with Crippen molar-refractivity contribution < 1.29 is 37.4 Å². The van der Waals surface area contributed by atoms with Crippen molar-refractivity contribution in [3.63, 3.8) is 0 Å². The summed E-state index contributed by atoms with van der Waals surface area (Å²) >= 11 is 8.05. The Morgan fingerprint density at radius 3 is 2.28 bits per heavy atom. The number of thiazole rings is 1. The Morgan fingerprint density at radius 2 is 1.61 bits per heavy atom. The minimum absolute atomic E-state index is 0.00864. The lowest BCUT2D eigenvalue weighted by molar-refractivity contribution is -0.144. The first kappa shape index (κ1) is 58.8. The number of hydrogen-bond acceptors (Lipinski definition) is 16. The fourth-order valence-electron chi connectivity index (χ4n) is 10.4. The molecule has 0 radical (unpaired) electrons. The zero-order chi connectivity index (χ0) is 56.6. The maximum Gasteiger partial charge on any atom is 0.246 e. The minimum Gasteiger partial charge on any atom is -0.494 e. The van der Waals surface area contributed by atoms with Crippen LogP contribution in [0, 0.1) is 12.3 Å². The number of unbranched alkanes of at least 4 members (excludes halogenated alkanes) is 1. The molecule has 3 atom stereocenters. The van der Waals surface area contributed by atoms with Crippen LogP contribution in [0.5, 0.6) is 5.75 Å². The first-order valence-electron chi connectivity index (χ1n) is 27.1. The second-order valence-electron chi connectivity index (χ2n) is 21.9. The maximum atomic E-state index is 14.1. The number of nitrogens with zero attached hydrogens (tertiary/aromatic N) is 7. The molecule has 4 amide bonds. The van der Waals surface area contributed by atoms with E-state index in [9.17, 15) is 32.7 Å². The number of carbonyl (C=O) groups is 4. The third kappa shape index (κ3) is 14.5. The van der Waals surface area contributed by atoms with Gasteiger partial charge in [-0.15, -0.1) is 11.3 Å². The third-order valence-corrected chi connectivity index (χ3v) is 18.5. The number of hydrogen-bond donors (Lipinski definition) is 5. The Kier molecular flexibility index (Phi) is 19.2. The van der Waals surface area contributed by atoms with Gasteiger partial charge in [0.25, 0.3) is 0 Å². The molecule has 3 aliphatic rings. The average molecular weight is 1140 g/mol. The number of rotatable bonds is 20. The normalized spacial score (nSPS) is 17.9. The van der Waals surface area contributed by atoms with E-state index in [-0.39, 0.29) is 65.3 Å². The monoisotopic (exact) mass is 1140 g/mol. The number of aliphatic hydroxyl groups is 1. The number of benzene rings is 3. The molecule has 424 valence electrons. The molecule has 5 N–H and O–H groups in total. The number of likely N-dealkylation sites (tertiary alicyclic amines) is 1. The number of piperidine rings is 1. The number of methoxy groups -OCH3 is 1. The molecule has 79 heavy (non-hydrogen) atoms. The van der Waals surface area contributed by atoms with Gasteiger partial charge in [-0.05, 0) is 87.3 Å². The molecule has 3 fully saturated rings. The highest BCUT2D eigenvalue weighted by molar-refractivity contribution is 7.92. The molecule has 0 bridgehead atoms. The lowest BCUT2D eigenvalue weighted by Crippen LogP contribution is -2.57. The molecule has 3 aliphatic heterocycles. The van der Waals surface area contributed by atoms with Crippen LogP contribution < -0.4 is 30.9 Å². The Morgan fingerprint density at radius 1 is 0.899 bits per heavy atom. The Balaban J connectivity index is 0.749. The zero-order valence-electron chi connectivity index (χ0n) is 46.1. The smallest absolute Gasteiger partial charge is 0.246 e. The van der Waals surface area contributed by atoms with Crippen molar-refractivity contribution in [3.8, 4) is 16.2 Å². The number of nitrogens with one attached hydrogen (secondary N) is 4. The first-order valence-corrected chi connectivity index (χ1v) is 29.9. The Bertz CT molecular complexity index is 3070. The van der Waals surface area contributed by atoms with Gasteiger partial charge in [0.15, 0.2) is 15.7 Å². The summed E-state index contributed by atoms with van der Waals surface area (Å²) in [5.74, 6) is 0.0739. The number of aryl methyl sites for hydroxylation is 1. The van der Waals surface area contributed by atoms with Crippen LogP contribution in [0.1, 0.15) is 90.8 Å².